The normalized spacial score (nSPS) is 13.7. The topological polar surface area (TPSA) is 81.2 Å². The first-order chi connectivity index (χ1) is 14.8. The van der Waals surface area contributed by atoms with Crippen molar-refractivity contribution >= 4 is 11.8 Å². The number of likely N-dealkylation sites (N-methyl/N-ethyl adjacent to an activating group) is 1. The fourth-order valence-electron chi connectivity index (χ4n) is 3.98. The van der Waals surface area contributed by atoms with Gasteiger partial charge < -0.3 is 10.6 Å². The third kappa shape index (κ3) is 3.67. The molecule has 1 aliphatic rings. The zero-order valence-corrected chi connectivity index (χ0v) is 16.6. The molecule has 2 N–H and O–H groups in total. The Kier molecular flexibility index (Phi) is 5.26. The summed E-state index contributed by atoms with van der Waals surface area (Å²) >= 11 is 0. The number of carbonyl (C=O) groups excluding carboxylic acids is 2. The van der Waals surface area contributed by atoms with E-state index in [2.05, 4.69) is 5.10 Å². The molecular formula is C22H19F3N4O2. The van der Waals surface area contributed by atoms with Crippen molar-refractivity contribution in [3.05, 3.63) is 82.4 Å². The van der Waals surface area contributed by atoms with E-state index in [9.17, 15) is 22.8 Å². The highest BCUT2D eigenvalue weighted by atomic mass is 19.2. The zero-order chi connectivity index (χ0) is 22.3. The van der Waals surface area contributed by atoms with E-state index in [1.54, 1.807) is 0 Å². The molecule has 0 radical (unpaired) electrons. The molecule has 0 spiro atoms. The summed E-state index contributed by atoms with van der Waals surface area (Å²) < 4.78 is 42.2. The van der Waals surface area contributed by atoms with Crippen LogP contribution >= 0.6 is 0 Å². The Morgan fingerprint density at radius 1 is 1.10 bits per heavy atom. The van der Waals surface area contributed by atoms with Crippen LogP contribution in [0.15, 0.2) is 42.5 Å². The predicted molar refractivity (Wildman–Crippen MR) is 106 cm³/mol. The van der Waals surface area contributed by atoms with Crippen molar-refractivity contribution < 1.29 is 22.8 Å². The Morgan fingerprint density at radius 2 is 1.87 bits per heavy atom. The van der Waals surface area contributed by atoms with Gasteiger partial charge in [-0.25, -0.2) is 17.9 Å². The fraction of sp³-hybridized carbons (Fsp3) is 0.227. The molecule has 0 bridgehead atoms. The molecule has 0 aliphatic heterocycles. The molecule has 0 fully saturated rings. The van der Waals surface area contributed by atoms with Gasteiger partial charge >= 0.3 is 0 Å². The second-order valence-electron chi connectivity index (χ2n) is 7.41. The number of fused-ring (bicyclic) bond motifs is 1. The number of benzene rings is 2. The lowest BCUT2D eigenvalue weighted by Crippen LogP contribution is -2.39. The zero-order valence-electron chi connectivity index (χ0n) is 16.6. The number of primary amides is 1. The van der Waals surface area contributed by atoms with Gasteiger partial charge in [0.15, 0.2) is 17.3 Å². The number of hydrogen-bond acceptors (Lipinski definition) is 3. The van der Waals surface area contributed by atoms with Crippen molar-refractivity contribution in [1.82, 2.24) is 14.7 Å². The summed E-state index contributed by atoms with van der Waals surface area (Å²) in [4.78, 5) is 26.5. The SMILES string of the molecule is CN(C(=O)c1nn(-c2ccc(F)c(F)c2)c2c1CCC2)C(C(N)=O)c1cccc(F)c1. The van der Waals surface area contributed by atoms with Gasteiger partial charge in [-0.15, -0.1) is 0 Å². The van der Waals surface area contributed by atoms with E-state index in [1.807, 2.05) is 0 Å². The third-order valence-electron chi connectivity index (χ3n) is 5.42. The van der Waals surface area contributed by atoms with Crippen LogP contribution in [0.1, 0.15) is 39.8 Å². The van der Waals surface area contributed by atoms with Crippen molar-refractivity contribution in [3.63, 3.8) is 0 Å². The summed E-state index contributed by atoms with van der Waals surface area (Å²) in [6, 6.07) is 7.48. The number of nitrogens with zero attached hydrogens (tertiary/aromatic N) is 3. The lowest BCUT2D eigenvalue weighted by Gasteiger charge is -2.25. The summed E-state index contributed by atoms with van der Waals surface area (Å²) in [7, 11) is 1.39. The van der Waals surface area contributed by atoms with Gasteiger partial charge in [-0.1, -0.05) is 12.1 Å². The Morgan fingerprint density at radius 3 is 2.55 bits per heavy atom. The van der Waals surface area contributed by atoms with Gasteiger partial charge in [0.05, 0.1) is 5.69 Å². The highest BCUT2D eigenvalue weighted by Crippen LogP contribution is 2.30. The number of rotatable bonds is 5. The summed E-state index contributed by atoms with van der Waals surface area (Å²) in [5.74, 6) is -3.97. The molecular weight excluding hydrogens is 409 g/mol. The van der Waals surface area contributed by atoms with Gasteiger partial charge in [0, 0.05) is 24.4 Å². The first-order valence-electron chi connectivity index (χ1n) is 9.66. The van der Waals surface area contributed by atoms with Crippen LogP contribution in [-0.2, 0) is 17.6 Å². The maximum Gasteiger partial charge on any atom is 0.275 e. The van der Waals surface area contributed by atoms with E-state index < -0.39 is 35.3 Å². The molecule has 0 saturated carbocycles. The minimum atomic E-state index is -1.20. The molecule has 160 valence electrons. The Bertz CT molecular complexity index is 1190. The molecule has 31 heavy (non-hydrogen) atoms. The summed E-state index contributed by atoms with van der Waals surface area (Å²) in [5.41, 5.74) is 7.55. The van der Waals surface area contributed by atoms with Crippen LogP contribution in [0.25, 0.3) is 5.69 Å². The van der Waals surface area contributed by atoms with Crippen molar-refractivity contribution in [2.45, 2.75) is 25.3 Å². The van der Waals surface area contributed by atoms with Gasteiger partial charge in [-0.2, -0.15) is 5.10 Å². The largest absolute Gasteiger partial charge is 0.368 e. The highest BCUT2D eigenvalue weighted by Gasteiger charge is 2.33. The quantitative estimate of drug-likeness (QED) is 0.678. The van der Waals surface area contributed by atoms with Crippen LogP contribution < -0.4 is 5.73 Å². The maximum atomic E-state index is 13.8. The van der Waals surface area contributed by atoms with E-state index in [0.717, 1.165) is 35.2 Å². The third-order valence-corrected chi connectivity index (χ3v) is 5.42. The smallest absolute Gasteiger partial charge is 0.275 e. The molecule has 0 saturated heterocycles. The Labute approximate surface area is 176 Å². The van der Waals surface area contributed by atoms with Gasteiger partial charge in [0.25, 0.3) is 5.91 Å². The number of aromatic nitrogens is 2. The summed E-state index contributed by atoms with van der Waals surface area (Å²) in [5, 5.41) is 4.36. The van der Waals surface area contributed by atoms with Crippen molar-refractivity contribution in [2.24, 2.45) is 5.73 Å². The molecule has 2 aromatic carbocycles. The molecule has 4 rings (SSSR count). The van der Waals surface area contributed by atoms with Gasteiger partial charge in [-0.3, -0.25) is 9.59 Å². The van der Waals surface area contributed by atoms with Gasteiger partial charge in [0.2, 0.25) is 5.91 Å². The molecule has 3 aromatic rings. The molecule has 1 unspecified atom stereocenters. The van der Waals surface area contributed by atoms with Crippen molar-refractivity contribution in [3.8, 4) is 5.69 Å². The highest BCUT2D eigenvalue weighted by molar-refractivity contribution is 5.97. The average Bonchev–Trinajstić information content (AvgIpc) is 3.32. The minimum Gasteiger partial charge on any atom is -0.368 e. The second-order valence-corrected chi connectivity index (χ2v) is 7.41. The predicted octanol–water partition coefficient (Wildman–Crippen LogP) is 3.08. The Balaban J connectivity index is 1.74. The first kappa shape index (κ1) is 20.6. The molecule has 1 heterocycles. The van der Waals surface area contributed by atoms with Crippen LogP contribution in [0, 0.1) is 17.5 Å². The van der Waals surface area contributed by atoms with E-state index in [1.165, 1.54) is 36.0 Å². The van der Waals surface area contributed by atoms with Crippen LogP contribution in [0.4, 0.5) is 13.2 Å². The Hall–Kier alpha value is -3.62. The molecule has 9 heteroatoms. The molecule has 6 nitrogen and oxygen atoms in total. The molecule has 1 aliphatic carbocycles. The van der Waals surface area contributed by atoms with Crippen molar-refractivity contribution in [1.29, 1.82) is 0 Å². The lowest BCUT2D eigenvalue weighted by molar-refractivity contribution is -0.122. The standard InChI is InChI=1S/C22H19F3N4O2/c1-28(20(21(26)30)12-4-2-5-13(23)10-12)22(31)19-15-6-3-7-18(15)29(27-19)14-8-9-16(24)17(25)11-14/h2,4-5,8-11,20H,3,6-7H2,1H3,(H2,26,30). The molecule has 1 aromatic heterocycles. The van der Waals surface area contributed by atoms with E-state index in [0.29, 0.717) is 18.4 Å². The average molecular weight is 428 g/mol. The second kappa shape index (κ2) is 7.90. The number of halogens is 3. The maximum absolute atomic E-state index is 13.8. The van der Waals surface area contributed by atoms with E-state index in [4.69, 9.17) is 5.73 Å². The van der Waals surface area contributed by atoms with Crippen LogP contribution in [-0.4, -0.2) is 33.5 Å². The monoisotopic (exact) mass is 428 g/mol. The van der Waals surface area contributed by atoms with Crippen LogP contribution in [0.2, 0.25) is 0 Å². The summed E-state index contributed by atoms with van der Waals surface area (Å²) in [6.07, 6.45) is 1.96. The number of hydrogen-bond donors (Lipinski definition) is 1. The molecule has 1 atom stereocenters. The van der Waals surface area contributed by atoms with Gasteiger partial charge in [0.1, 0.15) is 11.9 Å². The fourth-order valence-corrected chi connectivity index (χ4v) is 3.98. The van der Waals surface area contributed by atoms with Gasteiger partial charge in [-0.05, 0) is 49.1 Å². The minimum absolute atomic E-state index is 0.0994. The van der Waals surface area contributed by atoms with E-state index in [-0.39, 0.29) is 16.9 Å². The number of carbonyl (C=O) groups is 2. The summed E-state index contributed by atoms with van der Waals surface area (Å²) in [6.45, 7) is 0. The van der Waals surface area contributed by atoms with Crippen LogP contribution in [0.5, 0.6) is 0 Å². The van der Waals surface area contributed by atoms with E-state index >= 15 is 0 Å². The van der Waals surface area contributed by atoms with Crippen LogP contribution in [0.3, 0.4) is 0 Å². The lowest BCUT2D eigenvalue weighted by atomic mass is 10.0. The number of amides is 2. The first-order valence-corrected chi connectivity index (χ1v) is 9.66. The van der Waals surface area contributed by atoms with Crippen molar-refractivity contribution in [2.75, 3.05) is 7.05 Å². The number of nitrogens with two attached hydrogens (primary N) is 1. The molecule has 2 amide bonds.